The molecule has 2 heteroatoms. The molecule has 1 aliphatic heterocycles. The first-order valence-electron chi connectivity index (χ1n) is 7.25. The molecule has 1 amide bonds. The Morgan fingerprint density at radius 1 is 1.12 bits per heavy atom. The summed E-state index contributed by atoms with van der Waals surface area (Å²) < 4.78 is 0. The molecule has 2 nitrogen and oxygen atoms in total. The monoisotopic (exact) mass is 237 g/mol. The summed E-state index contributed by atoms with van der Waals surface area (Å²) in [6.45, 7) is 10.9. The maximum Gasteiger partial charge on any atom is 0.226 e. The van der Waals surface area contributed by atoms with Gasteiger partial charge in [-0.1, -0.05) is 34.6 Å². The number of hydrogen-bond donors (Lipinski definition) is 0. The molecule has 0 N–H and O–H groups in total. The van der Waals surface area contributed by atoms with Crippen LogP contribution in [0.15, 0.2) is 0 Å². The van der Waals surface area contributed by atoms with Gasteiger partial charge in [0.25, 0.3) is 0 Å². The molecule has 17 heavy (non-hydrogen) atoms. The minimum absolute atomic E-state index is 0.176. The van der Waals surface area contributed by atoms with E-state index in [0.717, 1.165) is 5.92 Å². The van der Waals surface area contributed by atoms with E-state index in [1.165, 1.54) is 19.3 Å². The van der Waals surface area contributed by atoms with E-state index in [9.17, 15) is 4.79 Å². The van der Waals surface area contributed by atoms with E-state index in [-0.39, 0.29) is 5.92 Å². The average Bonchev–Trinajstić information content (AvgIpc) is 2.85. The third-order valence-corrected chi connectivity index (χ3v) is 4.97. The molecule has 2 rings (SSSR count). The van der Waals surface area contributed by atoms with Gasteiger partial charge in [-0.25, -0.2) is 0 Å². The van der Waals surface area contributed by atoms with Crippen molar-refractivity contribution in [2.75, 3.05) is 0 Å². The van der Waals surface area contributed by atoms with E-state index in [1.807, 2.05) is 0 Å². The summed E-state index contributed by atoms with van der Waals surface area (Å²) in [6.07, 6.45) is 3.84. The molecule has 1 heterocycles. The summed E-state index contributed by atoms with van der Waals surface area (Å²) in [5.74, 6) is 2.42. The summed E-state index contributed by atoms with van der Waals surface area (Å²) >= 11 is 0. The average molecular weight is 237 g/mol. The largest absolute Gasteiger partial charge is 0.336 e. The smallest absolute Gasteiger partial charge is 0.226 e. The number of piperidine rings is 1. The van der Waals surface area contributed by atoms with E-state index >= 15 is 0 Å². The first kappa shape index (κ1) is 12.9. The van der Waals surface area contributed by atoms with Crippen molar-refractivity contribution in [2.45, 2.75) is 66.0 Å². The van der Waals surface area contributed by atoms with Gasteiger partial charge in [0.15, 0.2) is 0 Å². The zero-order valence-electron chi connectivity index (χ0n) is 11.9. The highest BCUT2D eigenvalue weighted by Gasteiger charge is 2.49. The van der Waals surface area contributed by atoms with E-state index in [4.69, 9.17) is 0 Å². The van der Waals surface area contributed by atoms with Crippen LogP contribution in [-0.4, -0.2) is 22.9 Å². The molecule has 0 spiro atoms. The highest BCUT2D eigenvalue weighted by molar-refractivity contribution is 5.80. The summed E-state index contributed by atoms with van der Waals surface area (Å²) in [5, 5.41) is 0. The number of rotatable bonds is 3. The number of fused-ring (bicyclic) bond motifs is 2. The zero-order chi connectivity index (χ0) is 12.7. The molecule has 1 saturated heterocycles. The molecule has 1 unspecified atom stereocenters. The van der Waals surface area contributed by atoms with Gasteiger partial charge in [-0.2, -0.15) is 0 Å². The fourth-order valence-corrected chi connectivity index (χ4v) is 3.74. The highest BCUT2D eigenvalue weighted by Crippen LogP contribution is 2.45. The standard InChI is InChI=1S/C15H27NO/c1-9(2)11(5)15(17)16-13-7-6-12(8-13)14(16)10(3)4/h9-14H,6-8H2,1-5H3/t11-,12+,13-,14?/m0/s1. The van der Waals surface area contributed by atoms with E-state index in [1.54, 1.807) is 0 Å². The SMILES string of the molecule is CC(C)C1[C@@H]2CC[C@@H](C2)N1C(=O)[C@@H](C)C(C)C. The third kappa shape index (κ3) is 2.11. The highest BCUT2D eigenvalue weighted by atomic mass is 16.2. The van der Waals surface area contributed by atoms with Crippen LogP contribution in [0.5, 0.6) is 0 Å². The zero-order valence-corrected chi connectivity index (χ0v) is 11.9. The van der Waals surface area contributed by atoms with Gasteiger partial charge >= 0.3 is 0 Å². The Morgan fingerprint density at radius 2 is 1.76 bits per heavy atom. The van der Waals surface area contributed by atoms with E-state index in [0.29, 0.717) is 29.8 Å². The minimum Gasteiger partial charge on any atom is -0.336 e. The van der Waals surface area contributed by atoms with E-state index < -0.39 is 0 Å². The lowest BCUT2D eigenvalue weighted by atomic mass is 9.87. The molecule has 0 aromatic carbocycles. The fraction of sp³-hybridized carbons (Fsp3) is 0.933. The molecule has 98 valence electrons. The maximum atomic E-state index is 12.6. The summed E-state index contributed by atoms with van der Waals surface area (Å²) in [5.41, 5.74) is 0. The van der Waals surface area contributed by atoms with Crippen molar-refractivity contribution in [1.82, 2.24) is 4.90 Å². The second-order valence-corrected chi connectivity index (χ2v) is 6.74. The Balaban J connectivity index is 2.16. The quantitative estimate of drug-likeness (QED) is 0.737. The number of carbonyl (C=O) groups excluding carboxylic acids is 1. The lowest BCUT2D eigenvalue weighted by Crippen LogP contribution is -2.50. The van der Waals surface area contributed by atoms with Crippen LogP contribution in [-0.2, 0) is 4.79 Å². The van der Waals surface area contributed by atoms with Crippen molar-refractivity contribution in [2.24, 2.45) is 23.7 Å². The topological polar surface area (TPSA) is 20.3 Å². The van der Waals surface area contributed by atoms with Gasteiger partial charge in [0, 0.05) is 18.0 Å². The molecule has 0 radical (unpaired) electrons. The summed E-state index contributed by atoms with van der Waals surface area (Å²) in [7, 11) is 0. The first-order valence-corrected chi connectivity index (χ1v) is 7.25. The number of hydrogen-bond acceptors (Lipinski definition) is 1. The maximum absolute atomic E-state index is 12.6. The van der Waals surface area contributed by atoms with Crippen molar-refractivity contribution in [1.29, 1.82) is 0 Å². The first-order chi connectivity index (χ1) is 7.93. The van der Waals surface area contributed by atoms with E-state index in [2.05, 4.69) is 39.5 Å². The van der Waals surface area contributed by atoms with Gasteiger partial charge in [-0.3, -0.25) is 4.79 Å². The summed E-state index contributed by atoms with van der Waals surface area (Å²) in [4.78, 5) is 14.9. The molecule has 1 aliphatic carbocycles. The fourth-order valence-electron chi connectivity index (χ4n) is 3.74. The second kappa shape index (κ2) is 4.62. The van der Waals surface area contributed by atoms with Crippen LogP contribution in [0, 0.1) is 23.7 Å². The lowest BCUT2D eigenvalue weighted by molar-refractivity contribution is -0.142. The van der Waals surface area contributed by atoms with Gasteiger partial charge in [0.1, 0.15) is 0 Å². The lowest BCUT2D eigenvalue weighted by Gasteiger charge is -2.40. The van der Waals surface area contributed by atoms with Crippen molar-refractivity contribution < 1.29 is 4.79 Å². The molecule has 4 atom stereocenters. The molecular formula is C15H27NO. The van der Waals surface area contributed by atoms with Crippen LogP contribution < -0.4 is 0 Å². The van der Waals surface area contributed by atoms with Gasteiger partial charge in [-0.15, -0.1) is 0 Å². The van der Waals surface area contributed by atoms with Crippen LogP contribution in [0.2, 0.25) is 0 Å². The number of amides is 1. The van der Waals surface area contributed by atoms with Crippen molar-refractivity contribution in [3.8, 4) is 0 Å². The molecule has 0 aromatic heterocycles. The third-order valence-electron chi connectivity index (χ3n) is 4.97. The van der Waals surface area contributed by atoms with Crippen molar-refractivity contribution >= 4 is 5.91 Å². The Morgan fingerprint density at radius 3 is 2.29 bits per heavy atom. The summed E-state index contributed by atoms with van der Waals surface area (Å²) in [6, 6.07) is 1.07. The molecule has 2 aliphatic rings. The molecule has 2 bridgehead atoms. The van der Waals surface area contributed by atoms with Crippen LogP contribution in [0.1, 0.15) is 53.9 Å². The molecule has 1 saturated carbocycles. The van der Waals surface area contributed by atoms with Crippen LogP contribution in [0.4, 0.5) is 0 Å². The van der Waals surface area contributed by atoms with Gasteiger partial charge in [0.05, 0.1) is 0 Å². The Bertz CT molecular complexity index is 297. The Kier molecular flexibility index (Phi) is 3.51. The number of nitrogens with zero attached hydrogens (tertiary/aromatic N) is 1. The number of likely N-dealkylation sites (tertiary alicyclic amines) is 1. The van der Waals surface area contributed by atoms with Gasteiger partial charge < -0.3 is 4.90 Å². The van der Waals surface area contributed by atoms with Crippen LogP contribution in [0.25, 0.3) is 0 Å². The molecular weight excluding hydrogens is 210 g/mol. The Labute approximate surface area is 106 Å². The molecule has 0 aromatic rings. The number of carbonyl (C=O) groups is 1. The minimum atomic E-state index is 0.176. The van der Waals surface area contributed by atoms with Crippen LogP contribution >= 0.6 is 0 Å². The van der Waals surface area contributed by atoms with Crippen molar-refractivity contribution in [3.05, 3.63) is 0 Å². The predicted molar refractivity (Wildman–Crippen MR) is 70.6 cm³/mol. The second-order valence-electron chi connectivity index (χ2n) is 6.74. The predicted octanol–water partition coefficient (Wildman–Crippen LogP) is 3.31. The normalized spacial score (nSPS) is 33.8. The van der Waals surface area contributed by atoms with Crippen molar-refractivity contribution in [3.63, 3.8) is 0 Å². The van der Waals surface area contributed by atoms with Crippen LogP contribution in [0.3, 0.4) is 0 Å². The van der Waals surface area contributed by atoms with Gasteiger partial charge in [0.2, 0.25) is 5.91 Å². The Hall–Kier alpha value is -0.530. The van der Waals surface area contributed by atoms with Gasteiger partial charge in [-0.05, 0) is 37.0 Å². The molecule has 2 fully saturated rings.